The molecule has 0 unspecified atom stereocenters. The molecule has 0 aromatic rings. The van der Waals surface area contributed by atoms with E-state index in [4.69, 9.17) is 24.9 Å². The van der Waals surface area contributed by atoms with E-state index in [0.29, 0.717) is 6.42 Å². The van der Waals surface area contributed by atoms with E-state index in [1.54, 1.807) is 34.6 Å². The van der Waals surface area contributed by atoms with Crippen molar-refractivity contribution in [2.24, 2.45) is 10.8 Å². The van der Waals surface area contributed by atoms with Crippen molar-refractivity contribution in [3.8, 4) is 0 Å². The lowest BCUT2D eigenvalue weighted by Crippen LogP contribution is -2.44. The van der Waals surface area contributed by atoms with Crippen LogP contribution in [0.2, 0.25) is 0 Å². The summed E-state index contributed by atoms with van der Waals surface area (Å²) >= 11 is 0. The molecule has 0 atom stereocenters. The molecule has 0 bridgehead atoms. The lowest BCUT2D eigenvalue weighted by atomic mass is 9.76. The lowest BCUT2D eigenvalue weighted by Gasteiger charge is -2.29. The molecule has 0 amide bonds. The molecule has 0 aliphatic carbocycles. The fourth-order valence-corrected chi connectivity index (χ4v) is 2.20. The number of carboxylic acids is 1. The fourth-order valence-electron chi connectivity index (χ4n) is 2.20. The van der Waals surface area contributed by atoms with Crippen molar-refractivity contribution < 1.29 is 44.1 Å². The molecule has 178 valence electrons. The van der Waals surface area contributed by atoms with E-state index in [-0.39, 0.29) is 5.41 Å². The first-order valence-electron chi connectivity index (χ1n) is 9.66. The van der Waals surface area contributed by atoms with Gasteiger partial charge in [-0.25, -0.2) is 24.2 Å². The average molecular weight is 437 g/mol. The smallest absolute Gasteiger partial charge is 0.347 e. The average Bonchev–Trinajstić information content (AvgIpc) is 2.48. The van der Waals surface area contributed by atoms with Crippen LogP contribution in [0.25, 0.3) is 0 Å². The number of rotatable bonds is 7. The Morgan fingerprint density at radius 1 is 0.700 bits per heavy atom. The van der Waals surface area contributed by atoms with E-state index in [2.05, 4.69) is 4.89 Å². The summed E-state index contributed by atoms with van der Waals surface area (Å²) in [6.45, 7) is 20.3. The van der Waals surface area contributed by atoms with Gasteiger partial charge in [0.25, 0.3) is 0 Å². The van der Waals surface area contributed by atoms with Crippen LogP contribution in [-0.2, 0) is 33.8 Å². The summed E-state index contributed by atoms with van der Waals surface area (Å²) in [5.41, 5.74) is -4.15. The molecule has 0 saturated carbocycles. The second-order valence-electron chi connectivity index (χ2n) is 11.0. The Hall–Kier alpha value is -1.71. The van der Waals surface area contributed by atoms with Crippen LogP contribution in [0.3, 0.4) is 0 Å². The quantitative estimate of drug-likeness (QED) is 0.339. The van der Waals surface area contributed by atoms with Crippen LogP contribution < -0.4 is 0 Å². The topological polar surface area (TPSA) is 129 Å². The van der Waals surface area contributed by atoms with Gasteiger partial charge in [0.05, 0.1) is 5.41 Å². The molecule has 0 aromatic carbocycles. The van der Waals surface area contributed by atoms with E-state index >= 15 is 0 Å². The van der Waals surface area contributed by atoms with Gasteiger partial charge in [-0.15, -0.1) is 0 Å². The van der Waals surface area contributed by atoms with Crippen LogP contribution in [0.5, 0.6) is 0 Å². The molecule has 0 heterocycles. The van der Waals surface area contributed by atoms with E-state index in [1.165, 1.54) is 27.7 Å². The molecule has 9 heteroatoms. The SMILES string of the molecule is CC(C)(C)CC(C)(C)C(=O)OO.CC(C)(C)OC(=O)C(C)(C)OOC(C)(C)C(=O)O. The van der Waals surface area contributed by atoms with Crippen LogP contribution in [0.15, 0.2) is 0 Å². The first-order chi connectivity index (χ1) is 13.0. The molecular weight excluding hydrogens is 396 g/mol. The third kappa shape index (κ3) is 12.8. The van der Waals surface area contributed by atoms with Crippen molar-refractivity contribution in [2.45, 2.75) is 106 Å². The van der Waals surface area contributed by atoms with Crippen LogP contribution in [-0.4, -0.2) is 45.1 Å². The van der Waals surface area contributed by atoms with Gasteiger partial charge in [0, 0.05) is 0 Å². The normalized spacial score (nSPS) is 13.1. The Labute approximate surface area is 179 Å². The summed E-state index contributed by atoms with van der Waals surface area (Å²) in [4.78, 5) is 47.1. The number of hydrogen-bond donors (Lipinski definition) is 2. The van der Waals surface area contributed by atoms with Gasteiger partial charge in [0.2, 0.25) is 0 Å². The highest BCUT2D eigenvalue weighted by molar-refractivity contribution is 5.79. The molecule has 0 radical (unpaired) electrons. The van der Waals surface area contributed by atoms with Crippen LogP contribution in [0.4, 0.5) is 0 Å². The highest BCUT2D eigenvalue weighted by Crippen LogP contribution is 2.33. The Morgan fingerprint density at radius 3 is 1.40 bits per heavy atom. The van der Waals surface area contributed by atoms with Gasteiger partial charge in [0.1, 0.15) is 5.60 Å². The fraction of sp³-hybridized carbons (Fsp3) is 0.857. The number of carboxylic acid groups (broad SMARTS) is 1. The number of ether oxygens (including phenoxy) is 1. The van der Waals surface area contributed by atoms with Gasteiger partial charge < -0.3 is 14.7 Å². The number of carbonyl (C=O) groups excluding carboxylic acids is 2. The highest BCUT2D eigenvalue weighted by atomic mass is 17.2. The summed E-state index contributed by atoms with van der Waals surface area (Å²) in [5, 5.41) is 17.1. The van der Waals surface area contributed by atoms with Crippen molar-refractivity contribution in [1.29, 1.82) is 0 Å². The van der Waals surface area contributed by atoms with E-state index < -0.39 is 40.1 Å². The third-order valence-corrected chi connectivity index (χ3v) is 3.47. The van der Waals surface area contributed by atoms with Gasteiger partial charge in [-0.2, -0.15) is 5.26 Å². The standard InChI is InChI=1S/C12H22O6.C9H18O3/c1-10(2,3)16-9(15)12(6,7)18-17-11(4,5)8(13)14;1-8(2,3)6-9(4,5)7(10)12-11/h1-7H3,(H,13,14);11H,6H2,1-5H3. The zero-order chi connectivity index (χ0) is 24.8. The molecule has 0 spiro atoms. The van der Waals surface area contributed by atoms with Gasteiger partial charge in [0.15, 0.2) is 11.2 Å². The molecule has 9 nitrogen and oxygen atoms in total. The largest absolute Gasteiger partial charge is 0.479 e. The van der Waals surface area contributed by atoms with Crippen LogP contribution in [0, 0.1) is 10.8 Å². The second kappa shape index (κ2) is 10.5. The van der Waals surface area contributed by atoms with Crippen LogP contribution >= 0.6 is 0 Å². The number of aliphatic carboxylic acids is 1. The van der Waals surface area contributed by atoms with Crippen molar-refractivity contribution in [1.82, 2.24) is 0 Å². The first-order valence-corrected chi connectivity index (χ1v) is 9.66. The zero-order valence-electron chi connectivity index (χ0n) is 20.5. The summed E-state index contributed by atoms with van der Waals surface area (Å²) in [6.07, 6.45) is 0.680. The Morgan fingerprint density at radius 2 is 1.10 bits per heavy atom. The Bertz CT molecular complexity index is 591. The predicted octanol–water partition coefficient (Wildman–Crippen LogP) is 4.38. The Kier molecular flexibility index (Phi) is 10.7. The molecule has 0 fully saturated rings. The zero-order valence-corrected chi connectivity index (χ0v) is 20.5. The molecule has 0 aromatic heterocycles. The number of carbonyl (C=O) groups is 3. The minimum absolute atomic E-state index is 0.0533. The monoisotopic (exact) mass is 436 g/mol. The van der Waals surface area contributed by atoms with E-state index in [1.807, 2.05) is 20.8 Å². The molecule has 0 rings (SSSR count). The van der Waals surface area contributed by atoms with Gasteiger partial charge >= 0.3 is 17.9 Å². The van der Waals surface area contributed by atoms with Crippen molar-refractivity contribution >= 4 is 17.9 Å². The molecule has 0 aliphatic heterocycles. The first kappa shape index (κ1) is 30.5. The van der Waals surface area contributed by atoms with Crippen molar-refractivity contribution in [3.63, 3.8) is 0 Å². The maximum Gasteiger partial charge on any atom is 0.347 e. The van der Waals surface area contributed by atoms with Gasteiger partial charge in [-0.1, -0.05) is 20.8 Å². The predicted molar refractivity (Wildman–Crippen MR) is 110 cm³/mol. The number of esters is 1. The van der Waals surface area contributed by atoms with Crippen molar-refractivity contribution in [2.75, 3.05) is 0 Å². The van der Waals surface area contributed by atoms with Gasteiger partial charge in [-0.3, -0.25) is 0 Å². The van der Waals surface area contributed by atoms with Crippen molar-refractivity contribution in [3.05, 3.63) is 0 Å². The molecular formula is C21H40O9. The van der Waals surface area contributed by atoms with E-state index in [9.17, 15) is 14.4 Å². The maximum atomic E-state index is 11.8. The lowest BCUT2D eigenvalue weighted by molar-refractivity contribution is -0.387. The highest BCUT2D eigenvalue weighted by Gasteiger charge is 2.39. The molecule has 2 N–H and O–H groups in total. The minimum Gasteiger partial charge on any atom is -0.479 e. The maximum absolute atomic E-state index is 11.8. The molecule has 0 aliphatic rings. The molecule has 30 heavy (non-hydrogen) atoms. The van der Waals surface area contributed by atoms with Crippen LogP contribution in [0.1, 0.15) is 89.5 Å². The summed E-state index contributed by atoms with van der Waals surface area (Å²) in [5.74, 6) is -2.39. The Balaban J connectivity index is 0. The molecule has 0 saturated heterocycles. The third-order valence-electron chi connectivity index (χ3n) is 3.47. The number of hydrogen-bond acceptors (Lipinski definition) is 8. The summed E-state index contributed by atoms with van der Waals surface area (Å²) < 4.78 is 5.14. The summed E-state index contributed by atoms with van der Waals surface area (Å²) in [6, 6.07) is 0. The second-order valence-corrected chi connectivity index (χ2v) is 11.0. The minimum atomic E-state index is -1.54. The van der Waals surface area contributed by atoms with Gasteiger partial charge in [-0.05, 0) is 74.1 Å². The van der Waals surface area contributed by atoms with E-state index in [0.717, 1.165) is 0 Å². The summed E-state index contributed by atoms with van der Waals surface area (Å²) in [7, 11) is 0.